The highest BCUT2D eigenvalue weighted by atomic mass is 32.2. The highest BCUT2D eigenvalue weighted by molar-refractivity contribution is 7.98. The number of amides is 2. The zero-order valence-corrected chi connectivity index (χ0v) is 15.5. The first-order valence-electron chi connectivity index (χ1n) is 6.63. The molecule has 0 aliphatic carbocycles. The minimum atomic E-state index is -4.70. The molecule has 1 fully saturated rings. The lowest BCUT2D eigenvalue weighted by molar-refractivity contribution is -0.143. The molecule has 11 nitrogen and oxygen atoms in total. The van der Waals surface area contributed by atoms with Crippen LogP contribution >= 0.6 is 23.1 Å². The third-order valence-electron chi connectivity index (χ3n) is 3.20. The van der Waals surface area contributed by atoms with Crippen molar-refractivity contribution in [1.82, 2.24) is 14.6 Å². The van der Waals surface area contributed by atoms with Gasteiger partial charge < -0.3 is 15.9 Å². The average Bonchev–Trinajstić information content (AvgIpc) is 2.94. The number of thioether (sulfide) groups is 1. The normalized spacial score (nSPS) is 21.0. The Morgan fingerprint density at radius 3 is 2.80 bits per heavy atom. The molecule has 25 heavy (non-hydrogen) atoms. The third kappa shape index (κ3) is 4.02. The molecule has 14 heteroatoms. The Morgan fingerprint density at radius 1 is 1.64 bits per heavy atom. The summed E-state index contributed by atoms with van der Waals surface area (Å²) in [6.45, 7) is 0. The highest BCUT2D eigenvalue weighted by Gasteiger charge is 2.53. The van der Waals surface area contributed by atoms with Crippen molar-refractivity contribution >= 4 is 56.1 Å². The van der Waals surface area contributed by atoms with Gasteiger partial charge in [-0.25, -0.2) is 9.29 Å². The van der Waals surface area contributed by atoms with Crippen LogP contribution in [0, 0.1) is 0 Å². The summed E-state index contributed by atoms with van der Waals surface area (Å²) in [5.41, 5.74) is 5.47. The Bertz CT molecular complexity index is 807. The lowest BCUT2D eigenvalue weighted by Crippen LogP contribution is -2.73. The van der Waals surface area contributed by atoms with Crippen molar-refractivity contribution in [2.24, 2.45) is 5.16 Å². The predicted octanol–water partition coefficient (Wildman–Crippen LogP) is -1.06. The van der Waals surface area contributed by atoms with Gasteiger partial charge in [0.25, 0.3) is 11.8 Å². The van der Waals surface area contributed by atoms with Gasteiger partial charge in [0.2, 0.25) is 0 Å². The van der Waals surface area contributed by atoms with Crippen molar-refractivity contribution in [3.63, 3.8) is 0 Å². The molecule has 0 radical (unpaired) electrons. The summed E-state index contributed by atoms with van der Waals surface area (Å²) in [7, 11) is -3.47. The molecule has 2 heterocycles. The second kappa shape index (κ2) is 7.55. The number of oxime groups is 1. The number of carbonyl (C=O) groups is 2. The van der Waals surface area contributed by atoms with Crippen molar-refractivity contribution in [2.45, 2.75) is 12.1 Å². The summed E-state index contributed by atoms with van der Waals surface area (Å²) >= 11 is 2.34. The number of hydrogen-bond donors (Lipinski definition) is 3. The van der Waals surface area contributed by atoms with Gasteiger partial charge in [-0.3, -0.25) is 14.1 Å². The topological polar surface area (TPSA) is 164 Å². The molecule has 1 aromatic heterocycles. The Kier molecular flexibility index (Phi) is 5.87. The van der Waals surface area contributed by atoms with Gasteiger partial charge in [0, 0.05) is 11.1 Å². The number of nitrogen functional groups attached to an aromatic ring is 1. The molecule has 2 atom stereocenters. The van der Waals surface area contributed by atoms with E-state index in [4.69, 9.17) is 10.3 Å². The predicted molar refractivity (Wildman–Crippen MR) is 92.6 cm³/mol. The first kappa shape index (κ1) is 19.4. The van der Waals surface area contributed by atoms with Crippen LogP contribution in [0.25, 0.3) is 0 Å². The average molecular weight is 409 g/mol. The van der Waals surface area contributed by atoms with E-state index in [0.29, 0.717) is 4.31 Å². The maximum Gasteiger partial charge on any atom is 0.362 e. The second-order valence-electron chi connectivity index (χ2n) is 4.78. The molecule has 2 amide bonds. The van der Waals surface area contributed by atoms with Crippen LogP contribution in [0.4, 0.5) is 5.13 Å². The third-order valence-corrected chi connectivity index (χ3v) is 5.50. The smallest absolute Gasteiger partial charge is 0.362 e. The van der Waals surface area contributed by atoms with Gasteiger partial charge in [0.15, 0.2) is 10.8 Å². The number of thiazole rings is 1. The standard InChI is InChI=1S/C11H15N5O6S3/c1-22-15-7(5-3-24-11(12)13-5)9(17)14-8-6(4-23-2)16(10(8)18)25(19,20)21/h3,6,8H,4H2,1-2H3,(H2,12,13)(H,14,17)(H,19,20,21)/t6-,8+/m0/s1. The number of β-lactam (4-membered cyclic amide) rings is 1. The highest BCUT2D eigenvalue weighted by Crippen LogP contribution is 2.26. The fraction of sp³-hybridized carbons (Fsp3) is 0.455. The van der Waals surface area contributed by atoms with E-state index < -0.39 is 34.2 Å². The Labute approximate surface area is 151 Å². The quantitative estimate of drug-likeness (QED) is 0.220. The van der Waals surface area contributed by atoms with Crippen LogP contribution in [-0.2, 0) is 24.7 Å². The van der Waals surface area contributed by atoms with Crippen LogP contribution < -0.4 is 11.1 Å². The molecule has 0 saturated carbocycles. The Hall–Kier alpha value is -1.90. The number of nitrogens with one attached hydrogen (secondary N) is 1. The second-order valence-corrected chi connectivity index (χ2v) is 7.87. The molecule has 0 aromatic carbocycles. The van der Waals surface area contributed by atoms with Crippen molar-refractivity contribution in [2.75, 3.05) is 24.9 Å². The Morgan fingerprint density at radius 2 is 2.32 bits per heavy atom. The molecule has 1 aliphatic rings. The monoisotopic (exact) mass is 409 g/mol. The zero-order chi connectivity index (χ0) is 18.8. The number of aromatic nitrogens is 1. The molecule has 2 rings (SSSR count). The maximum absolute atomic E-state index is 12.4. The number of hydrogen-bond acceptors (Lipinski definition) is 10. The first-order valence-corrected chi connectivity index (χ1v) is 10.3. The number of carbonyl (C=O) groups excluding carboxylic acids is 2. The van der Waals surface area contributed by atoms with Crippen LogP contribution in [0.1, 0.15) is 5.69 Å². The molecule has 1 aliphatic heterocycles. The van der Waals surface area contributed by atoms with E-state index in [1.807, 2.05) is 0 Å². The van der Waals surface area contributed by atoms with Crippen molar-refractivity contribution in [3.05, 3.63) is 11.1 Å². The summed E-state index contributed by atoms with van der Waals surface area (Å²) in [6.07, 6.45) is 1.69. The molecule has 138 valence electrons. The fourth-order valence-corrected chi connectivity index (χ4v) is 4.40. The van der Waals surface area contributed by atoms with Crippen molar-refractivity contribution in [3.8, 4) is 0 Å². The minimum absolute atomic E-state index is 0.154. The largest absolute Gasteiger partial charge is 0.398 e. The van der Waals surface area contributed by atoms with Crippen LogP contribution in [0.2, 0.25) is 0 Å². The molecule has 0 spiro atoms. The van der Waals surface area contributed by atoms with Gasteiger partial charge in [-0.1, -0.05) is 5.16 Å². The summed E-state index contributed by atoms with van der Waals surface area (Å²) in [6, 6.07) is -2.04. The summed E-state index contributed by atoms with van der Waals surface area (Å²) in [4.78, 5) is 33.0. The van der Waals surface area contributed by atoms with E-state index in [9.17, 15) is 18.0 Å². The van der Waals surface area contributed by atoms with E-state index >= 15 is 0 Å². The molecule has 0 bridgehead atoms. The number of rotatable bonds is 7. The van der Waals surface area contributed by atoms with Crippen molar-refractivity contribution in [1.29, 1.82) is 0 Å². The minimum Gasteiger partial charge on any atom is -0.398 e. The lowest BCUT2D eigenvalue weighted by atomic mass is 10.0. The molecule has 0 unspecified atom stereocenters. The number of nitrogens with two attached hydrogens (primary N) is 1. The summed E-state index contributed by atoms with van der Waals surface area (Å²) in [5.74, 6) is -1.53. The van der Waals surface area contributed by atoms with E-state index in [1.165, 1.54) is 24.3 Å². The van der Waals surface area contributed by atoms with Gasteiger partial charge in [-0.15, -0.1) is 11.3 Å². The molecular weight excluding hydrogens is 394 g/mol. The number of anilines is 1. The van der Waals surface area contributed by atoms with Gasteiger partial charge in [0.1, 0.15) is 18.8 Å². The number of nitrogens with zero attached hydrogens (tertiary/aromatic N) is 3. The van der Waals surface area contributed by atoms with Gasteiger partial charge in [0.05, 0.1) is 6.04 Å². The zero-order valence-electron chi connectivity index (χ0n) is 13.1. The lowest BCUT2D eigenvalue weighted by Gasteiger charge is -2.43. The Balaban J connectivity index is 2.20. The van der Waals surface area contributed by atoms with Crippen LogP contribution in [-0.4, -0.2) is 71.0 Å². The fourth-order valence-electron chi connectivity index (χ4n) is 2.20. The molecular formula is C11H15N5O6S3. The van der Waals surface area contributed by atoms with E-state index in [0.717, 1.165) is 11.3 Å². The SMILES string of the molecule is CON=C(C(=O)N[C@H]1C(=O)N(S(=O)(=O)O)[C@H]1CSC)c1csc(N)n1. The van der Waals surface area contributed by atoms with Gasteiger partial charge >= 0.3 is 10.3 Å². The van der Waals surface area contributed by atoms with Crippen LogP contribution in [0.5, 0.6) is 0 Å². The van der Waals surface area contributed by atoms with E-state index in [1.54, 1.807) is 6.26 Å². The molecule has 1 aromatic rings. The van der Waals surface area contributed by atoms with Crippen molar-refractivity contribution < 1.29 is 27.4 Å². The summed E-state index contributed by atoms with van der Waals surface area (Å²) < 4.78 is 32.0. The van der Waals surface area contributed by atoms with E-state index in [-0.39, 0.29) is 22.3 Å². The molecule has 1 saturated heterocycles. The van der Waals surface area contributed by atoms with Gasteiger partial charge in [-0.2, -0.15) is 20.2 Å². The molecule has 4 N–H and O–H groups in total. The van der Waals surface area contributed by atoms with Gasteiger partial charge in [-0.05, 0) is 6.26 Å². The van der Waals surface area contributed by atoms with Crippen LogP contribution in [0.3, 0.4) is 0 Å². The van der Waals surface area contributed by atoms with Crippen LogP contribution in [0.15, 0.2) is 10.5 Å². The maximum atomic E-state index is 12.4. The van der Waals surface area contributed by atoms with E-state index in [2.05, 4.69) is 20.3 Å². The summed E-state index contributed by atoms with van der Waals surface area (Å²) in [5, 5.41) is 7.67. The first-order chi connectivity index (χ1) is 11.7.